The Morgan fingerprint density at radius 1 is 1.00 bits per heavy atom. The van der Waals surface area contributed by atoms with Gasteiger partial charge in [-0.3, -0.25) is 9.59 Å². The van der Waals surface area contributed by atoms with Crippen LogP contribution in [0.5, 0.6) is 11.5 Å². The first-order valence-electron chi connectivity index (χ1n) is 11.7. The van der Waals surface area contributed by atoms with Gasteiger partial charge >= 0.3 is 0 Å². The van der Waals surface area contributed by atoms with Crippen LogP contribution in [0.15, 0.2) is 72.6 Å². The van der Waals surface area contributed by atoms with Gasteiger partial charge in [0.25, 0.3) is 5.91 Å². The summed E-state index contributed by atoms with van der Waals surface area (Å²) in [6.45, 7) is 6.51. The van der Waals surface area contributed by atoms with Crippen LogP contribution in [0, 0.1) is 0 Å². The van der Waals surface area contributed by atoms with Crippen molar-refractivity contribution >= 4 is 17.4 Å². The second-order valence-corrected chi connectivity index (χ2v) is 9.76. The molecule has 0 radical (unpaired) electrons. The SMILES string of the molecule is COc1ccc(C([O-])=C2C(=O)C(=O)N(Cc3ccc[nH+]c3)C2c2ccc(C(C)(C)C)cc2)cc1OC. The molecule has 1 atom stereocenters. The van der Waals surface area contributed by atoms with Crippen LogP contribution in [0.25, 0.3) is 5.76 Å². The second kappa shape index (κ2) is 9.85. The van der Waals surface area contributed by atoms with Crippen LogP contribution in [0.1, 0.15) is 49.1 Å². The van der Waals surface area contributed by atoms with Crippen molar-refractivity contribution in [3.63, 3.8) is 0 Å². The summed E-state index contributed by atoms with van der Waals surface area (Å²) in [7, 11) is 2.98. The van der Waals surface area contributed by atoms with E-state index in [4.69, 9.17) is 9.47 Å². The molecule has 0 aliphatic carbocycles. The van der Waals surface area contributed by atoms with Gasteiger partial charge in [0, 0.05) is 17.2 Å². The number of Topliss-reactive ketones (excluding diaryl/α,β-unsaturated/α-hetero) is 1. The minimum Gasteiger partial charge on any atom is -0.872 e. The fourth-order valence-electron chi connectivity index (χ4n) is 4.40. The number of methoxy groups -OCH3 is 2. The second-order valence-electron chi connectivity index (χ2n) is 9.76. The van der Waals surface area contributed by atoms with Gasteiger partial charge in [0.15, 0.2) is 23.9 Å². The number of rotatable bonds is 6. The van der Waals surface area contributed by atoms with Crippen molar-refractivity contribution in [2.45, 2.75) is 38.8 Å². The molecule has 1 aliphatic rings. The van der Waals surface area contributed by atoms with Gasteiger partial charge in [0.05, 0.1) is 26.8 Å². The van der Waals surface area contributed by atoms with Gasteiger partial charge in [0.2, 0.25) is 5.78 Å². The van der Waals surface area contributed by atoms with Crippen LogP contribution in [0.4, 0.5) is 0 Å². The van der Waals surface area contributed by atoms with Crippen molar-refractivity contribution in [2.24, 2.45) is 0 Å². The average molecular weight is 487 g/mol. The molecule has 36 heavy (non-hydrogen) atoms. The van der Waals surface area contributed by atoms with Crippen molar-refractivity contribution < 1.29 is 29.2 Å². The maximum Gasteiger partial charge on any atom is 0.295 e. The number of benzene rings is 2. The summed E-state index contributed by atoms with van der Waals surface area (Å²) in [6, 6.07) is 15.3. The molecule has 1 fully saturated rings. The normalized spacial score (nSPS) is 17.4. The molecular formula is C29H30N2O5. The van der Waals surface area contributed by atoms with Crippen molar-refractivity contribution in [2.75, 3.05) is 14.2 Å². The largest absolute Gasteiger partial charge is 0.872 e. The summed E-state index contributed by atoms with van der Waals surface area (Å²) < 4.78 is 10.6. The molecule has 0 saturated carbocycles. The minimum atomic E-state index is -0.820. The summed E-state index contributed by atoms with van der Waals surface area (Å²) >= 11 is 0. The van der Waals surface area contributed by atoms with E-state index < -0.39 is 23.5 Å². The average Bonchev–Trinajstić information content (AvgIpc) is 3.13. The summed E-state index contributed by atoms with van der Waals surface area (Å²) in [5, 5.41) is 13.7. The number of carbonyl (C=O) groups is 2. The molecule has 2 aromatic carbocycles. The number of hydrogen-bond donors (Lipinski definition) is 0. The molecule has 7 heteroatoms. The van der Waals surface area contributed by atoms with Crippen LogP contribution < -0.4 is 19.6 Å². The van der Waals surface area contributed by atoms with Gasteiger partial charge in [-0.1, -0.05) is 56.9 Å². The lowest BCUT2D eigenvalue weighted by molar-refractivity contribution is -0.378. The molecule has 2 heterocycles. The van der Waals surface area contributed by atoms with Crippen LogP contribution in [0.2, 0.25) is 0 Å². The Balaban J connectivity index is 1.87. The zero-order chi connectivity index (χ0) is 26.0. The van der Waals surface area contributed by atoms with Crippen LogP contribution in [-0.4, -0.2) is 30.8 Å². The molecule has 186 valence electrons. The number of amides is 1. The third kappa shape index (κ3) is 4.69. The summed E-state index contributed by atoms with van der Waals surface area (Å²) in [5.74, 6) is -1.18. The highest BCUT2D eigenvalue weighted by Gasteiger charge is 2.44. The molecule has 0 spiro atoms. The first kappa shape index (κ1) is 25.0. The van der Waals surface area contributed by atoms with E-state index in [0.717, 1.165) is 11.1 Å². The molecule has 0 bridgehead atoms. The number of hydrogen-bond acceptors (Lipinski definition) is 5. The lowest BCUT2D eigenvalue weighted by Crippen LogP contribution is -2.29. The minimum absolute atomic E-state index is 0.0680. The van der Waals surface area contributed by atoms with Crippen molar-refractivity contribution in [1.29, 1.82) is 0 Å². The maximum absolute atomic E-state index is 13.7. The van der Waals surface area contributed by atoms with Crippen molar-refractivity contribution in [1.82, 2.24) is 4.90 Å². The number of nitrogens with zero attached hydrogens (tertiary/aromatic N) is 1. The van der Waals surface area contributed by atoms with E-state index in [9.17, 15) is 14.7 Å². The van der Waals surface area contributed by atoms with E-state index in [1.54, 1.807) is 24.5 Å². The molecular weight excluding hydrogens is 456 g/mol. The first-order valence-corrected chi connectivity index (χ1v) is 11.7. The fraction of sp³-hybridized carbons (Fsp3) is 0.276. The number of aromatic nitrogens is 1. The first-order chi connectivity index (χ1) is 17.2. The quantitative estimate of drug-likeness (QED) is 0.303. The predicted molar refractivity (Wildman–Crippen MR) is 133 cm³/mol. The number of aromatic amines is 1. The Morgan fingerprint density at radius 2 is 1.69 bits per heavy atom. The number of H-pyrrole nitrogens is 1. The van der Waals surface area contributed by atoms with Gasteiger partial charge in [-0.15, -0.1) is 0 Å². The Morgan fingerprint density at radius 3 is 2.28 bits per heavy atom. The number of ketones is 1. The Bertz CT molecular complexity index is 1310. The Hall–Kier alpha value is -4.13. The zero-order valence-corrected chi connectivity index (χ0v) is 21.1. The number of ether oxygens (including phenoxy) is 2. The Labute approximate surface area is 211 Å². The van der Waals surface area contributed by atoms with E-state index in [1.165, 1.54) is 25.2 Å². The standard InChI is InChI=1S/C29H30N2O5/c1-29(2,3)21-11-8-19(9-12-21)25-24(26(32)20-10-13-22(35-4)23(15-20)36-5)27(33)28(34)31(25)17-18-7-6-14-30-16-18/h6-16,25,32H,17H2,1-5H3. The predicted octanol–water partition coefficient (Wildman–Crippen LogP) is 3.24. The highest BCUT2D eigenvalue weighted by molar-refractivity contribution is 6.46. The zero-order valence-electron chi connectivity index (χ0n) is 21.1. The summed E-state index contributed by atoms with van der Waals surface area (Å²) in [5.41, 5.74) is 2.73. The van der Waals surface area contributed by atoms with Gasteiger partial charge in [-0.25, -0.2) is 4.98 Å². The molecule has 1 N–H and O–H groups in total. The monoisotopic (exact) mass is 486 g/mol. The van der Waals surface area contributed by atoms with Crippen LogP contribution >= 0.6 is 0 Å². The van der Waals surface area contributed by atoms with Gasteiger partial charge in [-0.05, 0) is 40.3 Å². The number of nitrogens with one attached hydrogen (secondary N) is 1. The molecule has 4 rings (SSSR count). The van der Waals surface area contributed by atoms with E-state index in [2.05, 4.69) is 25.8 Å². The van der Waals surface area contributed by atoms with E-state index in [0.29, 0.717) is 17.1 Å². The number of carbonyl (C=O) groups excluding carboxylic acids is 2. The highest BCUT2D eigenvalue weighted by Crippen LogP contribution is 2.41. The Kier molecular flexibility index (Phi) is 6.84. The third-order valence-electron chi connectivity index (χ3n) is 6.39. The molecule has 1 unspecified atom stereocenters. The van der Waals surface area contributed by atoms with E-state index in [1.807, 2.05) is 36.4 Å². The smallest absolute Gasteiger partial charge is 0.295 e. The lowest BCUT2D eigenvalue weighted by Gasteiger charge is -2.28. The molecule has 7 nitrogen and oxygen atoms in total. The van der Waals surface area contributed by atoms with Gasteiger partial charge in [-0.2, -0.15) is 0 Å². The fourth-order valence-corrected chi connectivity index (χ4v) is 4.40. The third-order valence-corrected chi connectivity index (χ3v) is 6.39. The van der Waals surface area contributed by atoms with Gasteiger partial charge in [0.1, 0.15) is 0 Å². The number of pyridine rings is 1. The lowest BCUT2D eigenvalue weighted by atomic mass is 9.85. The molecule has 1 amide bonds. The molecule has 3 aromatic rings. The van der Waals surface area contributed by atoms with E-state index in [-0.39, 0.29) is 23.1 Å². The van der Waals surface area contributed by atoms with Gasteiger partial charge < -0.3 is 19.5 Å². The molecule has 1 aromatic heterocycles. The van der Waals surface area contributed by atoms with Crippen LogP contribution in [-0.2, 0) is 21.5 Å². The molecule has 1 saturated heterocycles. The van der Waals surface area contributed by atoms with E-state index >= 15 is 0 Å². The summed E-state index contributed by atoms with van der Waals surface area (Å²) in [6.07, 6.45) is 3.53. The highest BCUT2D eigenvalue weighted by atomic mass is 16.5. The number of likely N-dealkylation sites (tertiary alicyclic amines) is 1. The maximum atomic E-state index is 13.7. The molecule has 1 aliphatic heterocycles. The topological polar surface area (TPSA) is 93.0 Å². The summed E-state index contributed by atoms with van der Waals surface area (Å²) in [4.78, 5) is 31.0. The van der Waals surface area contributed by atoms with Crippen LogP contribution in [0.3, 0.4) is 0 Å². The van der Waals surface area contributed by atoms with Crippen molar-refractivity contribution in [3.05, 3.63) is 94.8 Å². The van der Waals surface area contributed by atoms with Crippen molar-refractivity contribution in [3.8, 4) is 11.5 Å².